The van der Waals surface area contributed by atoms with Gasteiger partial charge in [-0.15, -0.1) is 0 Å². The van der Waals surface area contributed by atoms with E-state index in [2.05, 4.69) is 0 Å². The van der Waals surface area contributed by atoms with Crippen LogP contribution >= 0.6 is 11.8 Å². The fourth-order valence-electron chi connectivity index (χ4n) is 3.05. The van der Waals surface area contributed by atoms with Gasteiger partial charge >= 0.3 is 0 Å². The molecule has 1 saturated heterocycles. The van der Waals surface area contributed by atoms with Crippen LogP contribution in [0.1, 0.15) is 15.9 Å². The highest BCUT2D eigenvalue weighted by molar-refractivity contribution is 8.18. The highest BCUT2D eigenvalue weighted by Gasteiger charge is 2.36. The zero-order valence-electron chi connectivity index (χ0n) is 15.4. The second kappa shape index (κ2) is 8.29. The molecule has 0 N–H and O–H groups in total. The number of hydrogen-bond acceptors (Lipinski definition) is 4. The molecule has 5 heteroatoms. The Morgan fingerprint density at radius 1 is 0.793 bits per heavy atom. The molecule has 4 nitrogen and oxygen atoms in total. The minimum absolute atomic E-state index is 0.262. The van der Waals surface area contributed by atoms with Crippen molar-refractivity contribution in [1.82, 2.24) is 4.90 Å². The summed E-state index contributed by atoms with van der Waals surface area (Å²) >= 11 is 0.860. The molecule has 0 saturated carbocycles. The van der Waals surface area contributed by atoms with Crippen molar-refractivity contribution in [3.05, 3.63) is 101 Å². The number of carbonyl (C=O) groups is 3. The summed E-state index contributed by atoms with van der Waals surface area (Å²) in [6.07, 6.45) is 1.67. The maximum absolute atomic E-state index is 12.6. The van der Waals surface area contributed by atoms with Gasteiger partial charge in [-0.2, -0.15) is 0 Å². The van der Waals surface area contributed by atoms with Crippen LogP contribution in [0.2, 0.25) is 0 Å². The molecule has 0 aromatic heterocycles. The summed E-state index contributed by atoms with van der Waals surface area (Å²) in [5, 5.41) is -0.425. The van der Waals surface area contributed by atoms with Crippen molar-refractivity contribution in [3.63, 3.8) is 0 Å². The number of thioether (sulfide) groups is 1. The lowest BCUT2D eigenvalue weighted by atomic mass is 10.0. The molecule has 0 bridgehead atoms. The van der Waals surface area contributed by atoms with Gasteiger partial charge in [0.1, 0.15) is 0 Å². The van der Waals surface area contributed by atoms with Gasteiger partial charge in [-0.3, -0.25) is 19.3 Å². The van der Waals surface area contributed by atoms with Crippen LogP contribution in [0.25, 0.3) is 17.2 Å². The highest BCUT2D eigenvalue weighted by Crippen LogP contribution is 2.32. The molecule has 4 rings (SSSR count). The predicted octanol–water partition coefficient (Wildman–Crippen LogP) is 5.27. The van der Waals surface area contributed by atoms with E-state index in [9.17, 15) is 14.4 Å². The number of hydrogen-bond donors (Lipinski definition) is 0. The van der Waals surface area contributed by atoms with E-state index in [0.717, 1.165) is 33.4 Å². The van der Waals surface area contributed by atoms with Gasteiger partial charge in [0.15, 0.2) is 5.78 Å². The first kappa shape index (κ1) is 18.9. The van der Waals surface area contributed by atoms with Crippen LogP contribution < -0.4 is 0 Å². The Labute approximate surface area is 172 Å². The van der Waals surface area contributed by atoms with Crippen LogP contribution in [-0.2, 0) is 4.79 Å². The molecular formula is C24H17NO3S. The van der Waals surface area contributed by atoms with Crippen LogP contribution in [0.5, 0.6) is 0 Å². The Hall–Kier alpha value is -3.44. The minimum atomic E-state index is -0.432. The van der Waals surface area contributed by atoms with E-state index >= 15 is 0 Å². The number of rotatable bonds is 5. The van der Waals surface area contributed by atoms with Gasteiger partial charge in [0.25, 0.3) is 11.1 Å². The van der Waals surface area contributed by atoms with E-state index in [-0.39, 0.29) is 12.3 Å². The topological polar surface area (TPSA) is 54.5 Å². The van der Waals surface area contributed by atoms with Crippen molar-refractivity contribution < 1.29 is 14.4 Å². The first-order valence-electron chi connectivity index (χ1n) is 9.11. The third-order valence-corrected chi connectivity index (χ3v) is 5.49. The number of benzene rings is 3. The van der Waals surface area contributed by atoms with Crippen LogP contribution in [-0.4, -0.2) is 28.4 Å². The Balaban J connectivity index is 1.47. The molecule has 0 unspecified atom stereocenters. The average Bonchev–Trinajstić information content (AvgIpc) is 3.02. The van der Waals surface area contributed by atoms with Crippen molar-refractivity contribution in [2.45, 2.75) is 0 Å². The largest absolute Gasteiger partial charge is 0.293 e. The van der Waals surface area contributed by atoms with Crippen LogP contribution in [0.15, 0.2) is 89.8 Å². The lowest BCUT2D eigenvalue weighted by Crippen LogP contribution is -2.33. The van der Waals surface area contributed by atoms with E-state index in [4.69, 9.17) is 0 Å². The van der Waals surface area contributed by atoms with E-state index in [1.165, 1.54) is 0 Å². The SMILES string of the molecule is O=C(CN1C(=O)S/C(=C\c2ccccc2)C1=O)c1ccc(-c2ccccc2)cc1. The third-order valence-electron chi connectivity index (χ3n) is 4.59. The number of imide groups is 1. The molecule has 29 heavy (non-hydrogen) atoms. The first-order valence-corrected chi connectivity index (χ1v) is 9.92. The molecule has 142 valence electrons. The number of amides is 2. The summed E-state index contributed by atoms with van der Waals surface area (Å²) in [6.45, 7) is -0.262. The quantitative estimate of drug-likeness (QED) is 0.433. The monoisotopic (exact) mass is 399 g/mol. The van der Waals surface area contributed by atoms with Gasteiger partial charge in [-0.1, -0.05) is 84.9 Å². The second-order valence-corrected chi connectivity index (χ2v) is 7.54. The Kier molecular flexibility index (Phi) is 5.40. The molecule has 1 aliphatic heterocycles. The molecule has 1 heterocycles. The van der Waals surface area contributed by atoms with Crippen molar-refractivity contribution in [2.75, 3.05) is 6.54 Å². The number of Topliss-reactive ketones (excluding diaryl/α,β-unsaturated/α-hetero) is 1. The molecule has 0 spiro atoms. The maximum atomic E-state index is 12.6. The lowest BCUT2D eigenvalue weighted by molar-refractivity contribution is -0.122. The molecule has 1 fully saturated rings. The van der Waals surface area contributed by atoms with Crippen molar-refractivity contribution in [3.8, 4) is 11.1 Å². The Bertz CT molecular complexity index is 1090. The fraction of sp³-hybridized carbons (Fsp3) is 0.0417. The maximum Gasteiger partial charge on any atom is 0.293 e. The van der Waals surface area contributed by atoms with Crippen LogP contribution in [0, 0.1) is 0 Å². The smallest absolute Gasteiger partial charge is 0.292 e. The second-order valence-electron chi connectivity index (χ2n) is 6.55. The Morgan fingerprint density at radius 2 is 1.38 bits per heavy atom. The molecular weight excluding hydrogens is 382 g/mol. The van der Waals surface area contributed by atoms with E-state index in [0.29, 0.717) is 10.5 Å². The lowest BCUT2D eigenvalue weighted by Gasteiger charge is -2.11. The van der Waals surface area contributed by atoms with Crippen LogP contribution in [0.4, 0.5) is 4.79 Å². The van der Waals surface area contributed by atoms with Gasteiger partial charge < -0.3 is 0 Å². The number of nitrogens with zero attached hydrogens (tertiary/aromatic N) is 1. The summed E-state index contributed by atoms with van der Waals surface area (Å²) in [4.78, 5) is 38.8. The van der Waals surface area contributed by atoms with Crippen LogP contribution in [0.3, 0.4) is 0 Å². The summed E-state index contributed by atoms with van der Waals surface area (Å²) in [6, 6.07) is 26.3. The van der Waals surface area contributed by atoms with E-state index < -0.39 is 11.1 Å². The van der Waals surface area contributed by atoms with Gasteiger partial charge in [-0.25, -0.2) is 0 Å². The molecule has 3 aromatic carbocycles. The fourth-order valence-corrected chi connectivity index (χ4v) is 3.89. The highest BCUT2D eigenvalue weighted by atomic mass is 32.2. The van der Waals surface area contributed by atoms with Crippen molar-refractivity contribution >= 4 is 34.8 Å². The predicted molar refractivity (Wildman–Crippen MR) is 115 cm³/mol. The molecule has 0 atom stereocenters. The zero-order valence-corrected chi connectivity index (χ0v) is 16.3. The van der Waals surface area contributed by atoms with Crippen molar-refractivity contribution in [2.24, 2.45) is 0 Å². The van der Waals surface area contributed by atoms with Crippen molar-refractivity contribution in [1.29, 1.82) is 0 Å². The summed E-state index contributed by atoms with van der Waals surface area (Å²) in [5.41, 5.74) is 3.36. The molecule has 2 amide bonds. The normalized spacial score (nSPS) is 15.2. The number of carbonyl (C=O) groups excluding carboxylic acids is 3. The summed E-state index contributed by atoms with van der Waals surface area (Å²) in [7, 11) is 0. The molecule has 0 aliphatic carbocycles. The molecule has 3 aromatic rings. The van der Waals surface area contributed by atoms with E-state index in [1.54, 1.807) is 18.2 Å². The first-order chi connectivity index (χ1) is 14.1. The van der Waals surface area contributed by atoms with Gasteiger partial charge in [0.05, 0.1) is 11.4 Å². The molecule has 1 aliphatic rings. The van der Waals surface area contributed by atoms with Gasteiger partial charge in [0, 0.05) is 5.56 Å². The Morgan fingerprint density at radius 3 is 2.03 bits per heavy atom. The van der Waals surface area contributed by atoms with Gasteiger partial charge in [0.2, 0.25) is 0 Å². The third kappa shape index (κ3) is 4.20. The summed E-state index contributed by atoms with van der Waals surface area (Å²) < 4.78 is 0. The summed E-state index contributed by atoms with van der Waals surface area (Å²) in [5.74, 6) is -0.703. The average molecular weight is 399 g/mol. The minimum Gasteiger partial charge on any atom is -0.292 e. The van der Waals surface area contributed by atoms with E-state index in [1.807, 2.05) is 72.8 Å². The molecule has 0 radical (unpaired) electrons. The number of ketones is 1. The zero-order chi connectivity index (χ0) is 20.2. The van der Waals surface area contributed by atoms with Gasteiger partial charge in [-0.05, 0) is 34.5 Å². The standard InChI is InChI=1S/C24H17NO3S/c26-21(20-13-11-19(12-14-20)18-9-5-2-6-10-18)16-25-23(27)22(29-24(25)28)15-17-7-3-1-4-8-17/h1-15H,16H2/b22-15-.